The third kappa shape index (κ3) is 39.0. The molecule has 0 spiro atoms. The lowest BCUT2D eigenvalue weighted by atomic mass is 10.0. The average molecular weight is 736 g/mol. The molecule has 2 unspecified atom stereocenters. The van der Waals surface area contributed by atoms with E-state index in [2.05, 4.69) is 74.6 Å². The summed E-state index contributed by atoms with van der Waals surface area (Å²) in [5, 5.41) is 0. The van der Waals surface area contributed by atoms with Crippen LogP contribution in [0.3, 0.4) is 0 Å². The molecule has 0 aliphatic rings. The van der Waals surface area contributed by atoms with Gasteiger partial charge in [0.05, 0.1) is 19.8 Å². The molecule has 0 heterocycles. The number of phosphoric acid groups is 1. The van der Waals surface area contributed by atoms with E-state index in [1.165, 1.54) is 70.6 Å². The van der Waals surface area contributed by atoms with Gasteiger partial charge in [-0.25, -0.2) is 4.57 Å². The van der Waals surface area contributed by atoms with Crippen LogP contribution in [0.5, 0.6) is 0 Å². The largest absolute Gasteiger partial charge is 0.472 e. The molecule has 0 aromatic rings. The number of carbonyl (C=O) groups excluding carboxylic acids is 1. The molecule has 9 heteroatoms. The summed E-state index contributed by atoms with van der Waals surface area (Å²) in [5.74, 6) is -0.414. The summed E-state index contributed by atoms with van der Waals surface area (Å²) in [6, 6.07) is 0. The van der Waals surface area contributed by atoms with Crippen molar-refractivity contribution in [2.75, 3.05) is 33.0 Å². The molecule has 51 heavy (non-hydrogen) atoms. The molecule has 0 aromatic heterocycles. The van der Waals surface area contributed by atoms with Crippen LogP contribution in [0.25, 0.3) is 0 Å². The molecule has 0 radical (unpaired) electrons. The minimum atomic E-state index is -4.29. The summed E-state index contributed by atoms with van der Waals surface area (Å²) in [7, 11) is -4.29. The van der Waals surface area contributed by atoms with Gasteiger partial charge in [0.25, 0.3) is 0 Å². The molecule has 0 aliphatic heterocycles. The monoisotopic (exact) mass is 736 g/mol. The molecule has 0 aromatic carbocycles. The second kappa shape index (κ2) is 39.2. The van der Waals surface area contributed by atoms with Crippen LogP contribution < -0.4 is 5.73 Å². The topological polar surface area (TPSA) is 117 Å². The standard InChI is InChI=1S/C42H74NO7P/c1-3-5-7-9-11-13-15-17-18-19-20-21-22-23-25-27-29-31-33-35-42(44)50-41(40-49-51(45,46)48-38-36-43)39-47-37-34-32-30-28-26-24-16-14-12-10-8-6-4-2/h5,7,11,13,17-18,20-21,23,25,29,31,41H,3-4,6,8-10,12,14-16,19,22,24,26-28,30,32-40,43H2,1-2H3,(H,45,46)/b7-5-,13-11-,18-17-,21-20-,25-23-,31-29-. The summed E-state index contributed by atoms with van der Waals surface area (Å²) in [6.45, 7) is 4.69. The van der Waals surface area contributed by atoms with Crippen LogP contribution in [0.2, 0.25) is 0 Å². The van der Waals surface area contributed by atoms with Gasteiger partial charge in [0.2, 0.25) is 0 Å². The number of rotatable bonds is 37. The number of hydrogen-bond acceptors (Lipinski definition) is 7. The van der Waals surface area contributed by atoms with E-state index in [0.717, 1.165) is 51.4 Å². The third-order valence-corrected chi connectivity index (χ3v) is 8.89. The first-order chi connectivity index (χ1) is 24.9. The summed E-state index contributed by atoms with van der Waals surface area (Å²) < 4.78 is 33.2. The number of unbranched alkanes of at least 4 members (excludes halogenated alkanes) is 12. The molecule has 0 saturated carbocycles. The van der Waals surface area contributed by atoms with E-state index in [-0.39, 0.29) is 32.8 Å². The van der Waals surface area contributed by atoms with E-state index < -0.39 is 19.9 Å². The molecule has 294 valence electrons. The van der Waals surface area contributed by atoms with Crippen molar-refractivity contribution in [3.8, 4) is 0 Å². The van der Waals surface area contributed by atoms with Crippen molar-refractivity contribution in [3.63, 3.8) is 0 Å². The first-order valence-electron chi connectivity index (χ1n) is 19.9. The van der Waals surface area contributed by atoms with Crippen LogP contribution in [-0.2, 0) is 27.9 Å². The van der Waals surface area contributed by atoms with E-state index in [9.17, 15) is 14.3 Å². The normalized spacial score (nSPS) is 14.4. The van der Waals surface area contributed by atoms with Gasteiger partial charge in [-0.15, -0.1) is 0 Å². The molecule has 2 atom stereocenters. The van der Waals surface area contributed by atoms with Crippen LogP contribution in [0, 0.1) is 0 Å². The molecule has 0 saturated heterocycles. The van der Waals surface area contributed by atoms with Gasteiger partial charge in [-0.1, -0.05) is 164 Å². The minimum absolute atomic E-state index is 0.0841. The van der Waals surface area contributed by atoms with Crippen LogP contribution in [0.4, 0.5) is 0 Å². The zero-order valence-corrected chi connectivity index (χ0v) is 33.2. The van der Waals surface area contributed by atoms with Crippen molar-refractivity contribution in [3.05, 3.63) is 72.9 Å². The number of esters is 1. The number of ether oxygens (including phenoxy) is 2. The predicted molar refractivity (Wildman–Crippen MR) is 215 cm³/mol. The zero-order chi connectivity index (χ0) is 37.4. The van der Waals surface area contributed by atoms with Gasteiger partial charge < -0.3 is 20.1 Å². The lowest BCUT2D eigenvalue weighted by molar-refractivity contribution is -0.154. The Balaban J connectivity index is 4.23. The Morgan fingerprint density at radius 2 is 1.06 bits per heavy atom. The van der Waals surface area contributed by atoms with Crippen molar-refractivity contribution >= 4 is 13.8 Å². The van der Waals surface area contributed by atoms with Crippen LogP contribution in [-0.4, -0.2) is 49.9 Å². The van der Waals surface area contributed by atoms with E-state index >= 15 is 0 Å². The Morgan fingerprint density at radius 1 is 0.608 bits per heavy atom. The Kier molecular flexibility index (Phi) is 37.6. The van der Waals surface area contributed by atoms with Crippen LogP contribution in [0.1, 0.15) is 149 Å². The second-order valence-electron chi connectivity index (χ2n) is 12.8. The fourth-order valence-electron chi connectivity index (χ4n) is 5.02. The molecule has 0 rings (SSSR count). The zero-order valence-electron chi connectivity index (χ0n) is 32.3. The van der Waals surface area contributed by atoms with E-state index in [1.54, 1.807) is 0 Å². The lowest BCUT2D eigenvalue weighted by Gasteiger charge is -2.20. The third-order valence-electron chi connectivity index (χ3n) is 7.90. The highest BCUT2D eigenvalue weighted by Gasteiger charge is 2.25. The summed E-state index contributed by atoms with van der Waals surface area (Å²) in [4.78, 5) is 22.4. The van der Waals surface area contributed by atoms with Gasteiger partial charge >= 0.3 is 13.8 Å². The van der Waals surface area contributed by atoms with Crippen molar-refractivity contribution in [2.24, 2.45) is 5.73 Å². The number of phosphoric ester groups is 1. The first-order valence-corrected chi connectivity index (χ1v) is 21.4. The van der Waals surface area contributed by atoms with E-state index in [4.69, 9.17) is 24.3 Å². The maximum Gasteiger partial charge on any atom is 0.472 e. The van der Waals surface area contributed by atoms with Gasteiger partial charge in [0.1, 0.15) is 6.10 Å². The fraction of sp³-hybridized carbons (Fsp3) is 0.690. The number of hydrogen-bond donors (Lipinski definition) is 2. The Bertz CT molecular complexity index is 1010. The SMILES string of the molecule is CC/C=C\C/C=C\C/C=C\C/C=C\C/C=C\C/C=C\CCC(=O)OC(COCCCCCCCCCCCCCCC)COP(=O)(O)OCCN. The Hall–Kier alpha value is -2.06. The second-order valence-corrected chi connectivity index (χ2v) is 14.2. The maximum absolute atomic E-state index is 12.5. The lowest BCUT2D eigenvalue weighted by Crippen LogP contribution is -2.28. The molecule has 0 aliphatic carbocycles. The Labute approximate surface area is 312 Å². The number of nitrogens with two attached hydrogens (primary N) is 1. The minimum Gasteiger partial charge on any atom is -0.457 e. The molecule has 3 N–H and O–H groups in total. The maximum atomic E-state index is 12.5. The van der Waals surface area contributed by atoms with Gasteiger partial charge in [-0.05, 0) is 51.4 Å². The van der Waals surface area contributed by atoms with E-state index in [1.807, 2.05) is 12.2 Å². The van der Waals surface area contributed by atoms with E-state index in [0.29, 0.717) is 13.0 Å². The average Bonchev–Trinajstić information content (AvgIpc) is 3.12. The molecule has 0 amide bonds. The van der Waals surface area contributed by atoms with Crippen molar-refractivity contribution in [1.82, 2.24) is 0 Å². The summed E-state index contributed by atoms with van der Waals surface area (Å²) >= 11 is 0. The van der Waals surface area contributed by atoms with Gasteiger partial charge in [0.15, 0.2) is 0 Å². The summed E-state index contributed by atoms with van der Waals surface area (Å²) in [6.07, 6.45) is 47.9. The predicted octanol–water partition coefficient (Wildman–Crippen LogP) is 11.6. The Morgan fingerprint density at radius 3 is 1.53 bits per heavy atom. The highest BCUT2D eigenvalue weighted by atomic mass is 31.2. The van der Waals surface area contributed by atoms with Crippen molar-refractivity contribution < 1.29 is 32.8 Å². The van der Waals surface area contributed by atoms with Crippen molar-refractivity contribution in [2.45, 2.75) is 155 Å². The molecule has 0 fully saturated rings. The number of allylic oxidation sites excluding steroid dienone is 12. The summed E-state index contributed by atoms with van der Waals surface area (Å²) in [5.41, 5.74) is 5.35. The van der Waals surface area contributed by atoms with Gasteiger partial charge in [0, 0.05) is 19.6 Å². The van der Waals surface area contributed by atoms with Crippen LogP contribution >= 0.6 is 7.82 Å². The quantitative estimate of drug-likeness (QED) is 0.0280. The first kappa shape index (κ1) is 48.9. The molecule has 8 nitrogen and oxygen atoms in total. The highest BCUT2D eigenvalue weighted by molar-refractivity contribution is 7.47. The molecular formula is C42H74NO7P. The molecule has 0 bridgehead atoms. The van der Waals surface area contributed by atoms with Crippen molar-refractivity contribution in [1.29, 1.82) is 0 Å². The van der Waals surface area contributed by atoms with Gasteiger partial charge in [-0.2, -0.15) is 0 Å². The van der Waals surface area contributed by atoms with Crippen LogP contribution in [0.15, 0.2) is 72.9 Å². The number of carbonyl (C=O) groups is 1. The smallest absolute Gasteiger partial charge is 0.457 e. The van der Waals surface area contributed by atoms with Gasteiger partial charge in [-0.3, -0.25) is 13.8 Å². The molecular weight excluding hydrogens is 661 g/mol. The highest BCUT2D eigenvalue weighted by Crippen LogP contribution is 2.43. The fourth-order valence-corrected chi connectivity index (χ4v) is 5.79.